The van der Waals surface area contributed by atoms with Crippen molar-refractivity contribution in [3.8, 4) is 0 Å². The number of nitrogens with one attached hydrogen (secondary N) is 1. The second-order valence-electron chi connectivity index (χ2n) is 7.15. The molecule has 1 aliphatic rings. The van der Waals surface area contributed by atoms with Gasteiger partial charge in [0.2, 0.25) is 0 Å². The predicted molar refractivity (Wildman–Crippen MR) is 122 cm³/mol. The van der Waals surface area contributed by atoms with Gasteiger partial charge in [0.15, 0.2) is 0 Å². The highest BCUT2D eigenvalue weighted by molar-refractivity contribution is 7.98. The Balaban J connectivity index is 1.31. The monoisotopic (exact) mass is 439 g/mol. The smallest absolute Gasteiger partial charge is 0.252 e. The van der Waals surface area contributed by atoms with E-state index in [2.05, 4.69) is 39.5 Å². The summed E-state index contributed by atoms with van der Waals surface area (Å²) in [4.78, 5) is 20.5. The van der Waals surface area contributed by atoms with Crippen molar-refractivity contribution in [2.75, 3.05) is 26.3 Å². The van der Waals surface area contributed by atoms with Crippen LogP contribution in [0.4, 0.5) is 0 Å². The molecule has 1 saturated heterocycles. The molecule has 1 N–H and O–H groups in total. The Hall–Kier alpha value is -2.19. The third-order valence-electron chi connectivity index (χ3n) is 4.98. The highest BCUT2D eigenvalue weighted by Gasteiger charge is 2.13. The lowest BCUT2D eigenvalue weighted by Gasteiger charge is -2.26. The second kappa shape index (κ2) is 10.7. The van der Waals surface area contributed by atoms with Crippen molar-refractivity contribution in [2.24, 2.45) is 0 Å². The van der Waals surface area contributed by atoms with Crippen LogP contribution in [0.25, 0.3) is 0 Å². The molecule has 0 radical (unpaired) electrons. The van der Waals surface area contributed by atoms with Crippen LogP contribution in [0.2, 0.25) is 0 Å². The van der Waals surface area contributed by atoms with Crippen LogP contribution < -0.4 is 5.32 Å². The SMILES string of the molecule is O=C(NCc1ccc(CN2CCOCC2)cc1)c1ccccc1SCc1cscn1. The van der Waals surface area contributed by atoms with Crippen LogP contribution in [0.15, 0.2) is 64.3 Å². The number of benzene rings is 2. The van der Waals surface area contributed by atoms with Crippen LogP contribution in [0.1, 0.15) is 27.2 Å². The number of amides is 1. The predicted octanol–water partition coefficient (Wildman–Crippen LogP) is 4.20. The molecule has 0 aliphatic carbocycles. The molecule has 0 unspecified atom stereocenters. The topological polar surface area (TPSA) is 54.5 Å². The van der Waals surface area contributed by atoms with Gasteiger partial charge in [0, 0.05) is 42.2 Å². The van der Waals surface area contributed by atoms with Gasteiger partial charge in [-0.2, -0.15) is 0 Å². The average Bonchev–Trinajstić information content (AvgIpc) is 3.32. The van der Waals surface area contributed by atoms with E-state index in [1.165, 1.54) is 5.56 Å². The maximum atomic E-state index is 12.8. The molecule has 0 bridgehead atoms. The second-order valence-corrected chi connectivity index (χ2v) is 8.89. The van der Waals surface area contributed by atoms with Gasteiger partial charge >= 0.3 is 0 Å². The minimum Gasteiger partial charge on any atom is -0.379 e. The molecule has 0 spiro atoms. The molecule has 156 valence electrons. The number of hydrogen-bond acceptors (Lipinski definition) is 6. The lowest BCUT2D eigenvalue weighted by molar-refractivity contribution is 0.0342. The van der Waals surface area contributed by atoms with E-state index in [1.54, 1.807) is 23.1 Å². The lowest BCUT2D eigenvalue weighted by atomic mass is 10.1. The van der Waals surface area contributed by atoms with Crippen LogP contribution in [0, 0.1) is 0 Å². The summed E-state index contributed by atoms with van der Waals surface area (Å²) in [6, 6.07) is 16.2. The van der Waals surface area contributed by atoms with Crippen molar-refractivity contribution < 1.29 is 9.53 Å². The minimum atomic E-state index is -0.0474. The van der Waals surface area contributed by atoms with E-state index < -0.39 is 0 Å². The van der Waals surface area contributed by atoms with Gasteiger partial charge in [-0.15, -0.1) is 23.1 Å². The normalized spacial score (nSPS) is 14.5. The molecule has 0 atom stereocenters. The number of hydrogen-bond donors (Lipinski definition) is 1. The summed E-state index contributed by atoms with van der Waals surface area (Å²) in [5.41, 5.74) is 5.97. The van der Waals surface area contributed by atoms with Gasteiger partial charge in [-0.1, -0.05) is 36.4 Å². The maximum Gasteiger partial charge on any atom is 0.252 e. The molecule has 5 nitrogen and oxygen atoms in total. The third kappa shape index (κ3) is 5.92. The molecule has 1 fully saturated rings. The van der Waals surface area contributed by atoms with Gasteiger partial charge in [-0.3, -0.25) is 9.69 Å². The molecular weight excluding hydrogens is 414 g/mol. The maximum absolute atomic E-state index is 12.8. The van der Waals surface area contributed by atoms with Crippen LogP contribution in [-0.4, -0.2) is 42.1 Å². The Bertz CT molecular complexity index is 939. The van der Waals surface area contributed by atoms with Gasteiger partial charge in [-0.25, -0.2) is 4.98 Å². The van der Waals surface area contributed by atoms with Crippen LogP contribution in [0.5, 0.6) is 0 Å². The quantitative estimate of drug-likeness (QED) is 0.533. The fraction of sp³-hybridized carbons (Fsp3) is 0.304. The molecule has 1 aliphatic heterocycles. The number of thioether (sulfide) groups is 1. The highest BCUT2D eigenvalue weighted by atomic mass is 32.2. The zero-order valence-electron chi connectivity index (χ0n) is 16.8. The first-order valence-corrected chi connectivity index (χ1v) is 12.0. The lowest BCUT2D eigenvalue weighted by Crippen LogP contribution is -2.35. The fourth-order valence-electron chi connectivity index (χ4n) is 3.30. The van der Waals surface area contributed by atoms with E-state index in [-0.39, 0.29) is 5.91 Å². The standard InChI is InChI=1S/C23H25N3O2S2/c27-23(21-3-1-2-4-22(21)30-16-20-15-29-17-25-20)24-13-18-5-7-19(8-6-18)14-26-9-11-28-12-10-26/h1-8,15,17H,9-14,16H2,(H,24,27). The molecule has 2 aromatic carbocycles. The summed E-state index contributed by atoms with van der Waals surface area (Å²) in [5, 5.41) is 5.10. The van der Waals surface area contributed by atoms with E-state index in [1.807, 2.05) is 35.2 Å². The van der Waals surface area contributed by atoms with E-state index in [4.69, 9.17) is 4.74 Å². The molecule has 3 aromatic rings. The van der Waals surface area contributed by atoms with Crippen LogP contribution >= 0.6 is 23.1 Å². The van der Waals surface area contributed by atoms with E-state index >= 15 is 0 Å². The molecule has 30 heavy (non-hydrogen) atoms. The van der Waals surface area contributed by atoms with E-state index in [0.717, 1.165) is 54.8 Å². The Morgan fingerprint density at radius 1 is 1.10 bits per heavy atom. The van der Waals surface area contributed by atoms with Gasteiger partial charge in [0.1, 0.15) is 0 Å². The van der Waals surface area contributed by atoms with Crippen molar-refractivity contribution in [1.29, 1.82) is 0 Å². The number of thiazole rings is 1. The van der Waals surface area contributed by atoms with Gasteiger partial charge < -0.3 is 10.1 Å². The minimum absolute atomic E-state index is 0.0474. The van der Waals surface area contributed by atoms with Crippen molar-refractivity contribution in [3.05, 3.63) is 81.8 Å². The molecule has 0 saturated carbocycles. The Morgan fingerprint density at radius 3 is 2.63 bits per heavy atom. The average molecular weight is 440 g/mol. The Kier molecular flexibility index (Phi) is 7.53. The fourth-order valence-corrected chi connectivity index (χ4v) is 4.91. The van der Waals surface area contributed by atoms with Crippen molar-refractivity contribution >= 4 is 29.0 Å². The first-order chi connectivity index (χ1) is 14.8. The number of carbonyl (C=O) groups excluding carboxylic acids is 1. The number of rotatable bonds is 8. The summed E-state index contributed by atoms with van der Waals surface area (Å²) in [7, 11) is 0. The summed E-state index contributed by atoms with van der Waals surface area (Å²) < 4.78 is 5.40. The summed E-state index contributed by atoms with van der Waals surface area (Å²) in [6.45, 7) is 5.05. The summed E-state index contributed by atoms with van der Waals surface area (Å²) in [6.07, 6.45) is 0. The van der Waals surface area contributed by atoms with E-state index in [9.17, 15) is 4.79 Å². The van der Waals surface area contributed by atoms with Crippen molar-refractivity contribution in [1.82, 2.24) is 15.2 Å². The Labute approximate surface area is 185 Å². The number of aromatic nitrogens is 1. The number of nitrogens with zero attached hydrogens (tertiary/aromatic N) is 2. The zero-order valence-corrected chi connectivity index (χ0v) is 18.4. The number of morpholine rings is 1. The summed E-state index contributed by atoms with van der Waals surface area (Å²) in [5.74, 6) is 0.715. The first-order valence-electron chi connectivity index (χ1n) is 10.0. The molecule has 4 rings (SSSR count). The molecule has 1 aromatic heterocycles. The Morgan fingerprint density at radius 2 is 1.87 bits per heavy atom. The van der Waals surface area contributed by atoms with Crippen molar-refractivity contribution in [2.45, 2.75) is 23.7 Å². The first kappa shape index (κ1) is 21.1. The largest absolute Gasteiger partial charge is 0.379 e. The number of ether oxygens (including phenoxy) is 1. The van der Waals surface area contributed by atoms with Crippen LogP contribution in [-0.2, 0) is 23.6 Å². The molecule has 1 amide bonds. The molecule has 7 heteroatoms. The molecule has 2 heterocycles. The third-order valence-corrected chi connectivity index (χ3v) is 6.72. The number of carbonyl (C=O) groups is 1. The van der Waals surface area contributed by atoms with E-state index in [0.29, 0.717) is 12.1 Å². The van der Waals surface area contributed by atoms with Gasteiger partial charge in [0.25, 0.3) is 5.91 Å². The van der Waals surface area contributed by atoms with Crippen LogP contribution in [0.3, 0.4) is 0 Å². The van der Waals surface area contributed by atoms with Gasteiger partial charge in [-0.05, 0) is 23.3 Å². The van der Waals surface area contributed by atoms with Crippen molar-refractivity contribution in [3.63, 3.8) is 0 Å². The molecular formula is C23H25N3O2S2. The van der Waals surface area contributed by atoms with Gasteiger partial charge in [0.05, 0.1) is 30.0 Å². The summed E-state index contributed by atoms with van der Waals surface area (Å²) >= 11 is 3.23. The zero-order chi connectivity index (χ0) is 20.6. The highest BCUT2D eigenvalue weighted by Crippen LogP contribution is 2.26.